The van der Waals surface area contributed by atoms with Crippen molar-refractivity contribution in [2.75, 3.05) is 13.1 Å². The first kappa shape index (κ1) is 15.4. The van der Waals surface area contributed by atoms with Crippen LogP contribution in [0.5, 0.6) is 0 Å². The summed E-state index contributed by atoms with van der Waals surface area (Å²) in [5, 5.41) is 0. The third-order valence-corrected chi connectivity index (χ3v) is 3.77. The Hall–Kier alpha value is -0.660. The van der Waals surface area contributed by atoms with Crippen LogP contribution in [0, 0.1) is 5.92 Å². The van der Waals surface area contributed by atoms with Crippen LogP contribution >= 0.6 is 0 Å². The van der Waals surface area contributed by atoms with E-state index < -0.39 is 0 Å². The molecule has 1 aliphatic heterocycles. The normalized spacial score (nSPS) is 19.3. The molecule has 1 aliphatic rings. The van der Waals surface area contributed by atoms with Gasteiger partial charge in [-0.25, -0.2) is 0 Å². The van der Waals surface area contributed by atoms with Crippen LogP contribution in [-0.2, 0) is 0 Å². The van der Waals surface area contributed by atoms with Crippen LogP contribution in [0.3, 0.4) is 0 Å². The highest BCUT2D eigenvalue weighted by Crippen LogP contribution is 2.23. The molecule has 1 rings (SSSR count). The van der Waals surface area contributed by atoms with E-state index >= 15 is 0 Å². The average molecular weight is 252 g/mol. The first-order valence-electron chi connectivity index (χ1n) is 7.90. The van der Waals surface area contributed by atoms with Gasteiger partial charge in [0.2, 0.25) is 0 Å². The zero-order chi connectivity index (χ0) is 13.4. The van der Waals surface area contributed by atoms with Gasteiger partial charge >= 0.3 is 0 Å². The van der Waals surface area contributed by atoms with Gasteiger partial charge in [-0.05, 0) is 18.8 Å². The number of hydrogen-bond acceptors (Lipinski definition) is 2. The first-order chi connectivity index (χ1) is 8.70. The Bertz CT molecular complexity index is 235. The standard InChI is InChI=1S/C16H32N2/c1-5-7-9-10-12-18-14-13-17(11-8-6-2)16(18)15(3)4/h13-16H,5-12H2,1-4H3. The lowest BCUT2D eigenvalue weighted by Gasteiger charge is -2.35. The smallest absolute Gasteiger partial charge is 0.103 e. The Morgan fingerprint density at radius 2 is 1.39 bits per heavy atom. The molecule has 0 aromatic rings. The Kier molecular flexibility index (Phi) is 7.22. The summed E-state index contributed by atoms with van der Waals surface area (Å²) in [4.78, 5) is 5.09. The number of rotatable bonds is 9. The van der Waals surface area contributed by atoms with Crippen molar-refractivity contribution in [1.82, 2.24) is 9.80 Å². The molecule has 0 bridgehead atoms. The van der Waals surface area contributed by atoms with Gasteiger partial charge in [0, 0.05) is 25.5 Å². The van der Waals surface area contributed by atoms with Gasteiger partial charge in [-0.1, -0.05) is 53.4 Å². The van der Waals surface area contributed by atoms with Crippen LogP contribution < -0.4 is 0 Å². The van der Waals surface area contributed by atoms with Crippen molar-refractivity contribution in [2.24, 2.45) is 5.92 Å². The van der Waals surface area contributed by atoms with E-state index in [0.29, 0.717) is 12.1 Å². The maximum Gasteiger partial charge on any atom is 0.103 e. The van der Waals surface area contributed by atoms with Crippen molar-refractivity contribution < 1.29 is 0 Å². The largest absolute Gasteiger partial charge is 0.356 e. The summed E-state index contributed by atoms with van der Waals surface area (Å²) in [7, 11) is 0. The SMILES string of the molecule is CCCCCCN1C=CN(CCCC)C1C(C)C. The predicted molar refractivity (Wildman–Crippen MR) is 80.2 cm³/mol. The lowest BCUT2D eigenvalue weighted by molar-refractivity contribution is 0.104. The van der Waals surface area contributed by atoms with Crippen molar-refractivity contribution in [2.45, 2.75) is 72.4 Å². The van der Waals surface area contributed by atoms with Gasteiger partial charge < -0.3 is 9.80 Å². The highest BCUT2D eigenvalue weighted by Gasteiger charge is 2.27. The molecule has 0 saturated carbocycles. The van der Waals surface area contributed by atoms with Crippen molar-refractivity contribution in [3.63, 3.8) is 0 Å². The molecule has 0 fully saturated rings. The minimum atomic E-state index is 0.596. The molecule has 0 radical (unpaired) electrons. The minimum absolute atomic E-state index is 0.596. The fraction of sp³-hybridized carbons (Fsp3) is 0.875. The van der Waals surface area contributed by atoms with E-state index in [4.69, 9.17) is 0 Å². The van der Waals surface area contributed by atoms with Gasteiger partial charge in [0.25, 0.3) is 0 Å². The second-order valence-electron chi connectivity index (χ2n) is 5.85. The van der Waals surface area contributed by atoms with Crippen LogP contribution in [0.2, 0.25) is 0 Å². The third-order valence-electron chi connectivity index (χ3n) is 3.77. The highest BCUT2D eigenvalue weighted by atomic mass is 15.4. The molecule has 2 heteroatoms. The second-order valence-corrected chi connectivity index (χ2v) is 5.85. The summed E-state index contributed by atoms with van der Waals surface area (Å²) in [5.74, 6) is 0.697. The van der Waals surface area contributed by atoms with Gasteiger partial charge in [-0.2, -0.15) is 0 Å². The van der Waals surface area contributed by atoms with Gasteiger partial charge in [0.15, 0.2) is 0 Å². The fourth-order valence-corrected chi connectivity index (χ4v) is 2.78. The highest BCUT2D eigenvalue weighted by molar-refractivity contribution is 4.98. The van der Waals surface area contributed by atoms with E-state index in [9.17, 15) is 0 Å². The molecule has 0 aliphatic carbocycles. The number of hydrogen-bond donors (Lipinski definition) is 0. The van der Waals surface area contributed by atoms with Crippen LogP contribution in [0.15, 0.2) is 12.4 Å². The van der Waals surface area contributed by atoms with Crippen LogP contribution in [-0.4, -0.2) is 29.1 Å². The van der Waals surface area contributed by atoms with Crippen LogP contribution in [0.25, 0.3) is 0 Å². The van der Waals surface area contributed by atoms with Crippen molar-refractivity contribution >= 4 is 0 Å². The molecule has 0 aromatic carbocycles. The first-order valence-corrected chi connectivity index (χ1v) is 7.90. The minimum Gasteiger partial charge on any atom is -0.356 e. The molecule has 0 amide bonds. The lowest BCUT2D eigenvalue weighted by atomic mass is 10.1. The molecule has 2 nitrogen and oxygen atoms in total. The van der Waals surface area contributed by atoms with E-state index in [1.165, 1.54) is 51.6 Å². The van der Waals surface area contributed by atoms with Gasteiger partial charge in [0.1, 0.15) is 6.17 Å². The van der Waals surface area contributed by atoms with Crippen molar-refractivity contribution in [1.29, 1.82) is 0 Å². The molecule has 18 heavy (non-hydrogen) atoms. The van der Waals surface area contributed by atoms with Gasteiger partial charge in [0.05, 0.1) is 0 Å². The van der Waals surface area contributed by atoms with E-state index in [-0.39, 0.29) is 0 Å². The van der Waals surface area contributed by atoms with E-state index in [0.717, 1.165) is 0 Å². The molecule has 0 N–H and O–H groups in total. The third kappa shape index (κ3) is 4.55. The summed E-state index contributed by atoms with van der Waals surface area (Å²) < 4.78 is 0. The molecule has 1 atom stereocenters. The Labute approximate surface area is 114 Å². The molecule has 1 heterocycles. The van der Waals surface area contributed by atoms with Crippen LogP contribution in [0.4, 0.5) is 0 Å². The summed E-state index contributed by atoms with van der Waals surface area (Å²) in [6, 6.07) is 0. The van der Waals surface area contributed by atoms with E-state index in [2.05, 4.69) is 49.9 Å². The topological polar surface area (TPSA) is 6.48 Å². The molecular weight excluding hydrogens is 220 g/mol. The zero-order valence-corrected chi connectivity index (χ0v) is 12.9. The van der Waals surface area contributed by atoms with E-state index in [1.807, 2.05) is 0 Å². The quantitative estimate of drug-likeness (QED) is 0.560. The molecule has 106 valence electrons. The summed E-state index contributed by atoms with van der Waals surface area (Å²) >= 11 is 0. The second kappa shape index (κ2) is 8.44. The molecule has 0 spiro atoms. The number of unbranched alkanes of at least 4 members (excludes halogenated alkanes) is 4. The summed E-state index contributed by atoms with van der Waals surface area (Å²) in [6.45, 7) is 11.7. The zero-order valence-electron chi connectivity index (χ0n) is 12.9. The Balaban J connectivity index is 2.40. The molecule has 1 unspecified atom stereocenters. The molecular formula is C16H32N2. The fourth-order valence-electron chi connectivity index (χ4n) is 2.78. The summed E-state index contributed by atoms with van der Waals surface area (Å²) in [6.07, 6.45) is 13.2. The lowest BCUT2D eigenvalue weighted by Crippen LogP contribution is -2.43. The predicted octanol–water partition coefficient (Wildman–Crippen LogP) is 4.44. The van der Waals surface area contributed by atoms with Crippen molar-refractivity contribution in [3.05, 3.63) is 12.4 Å². The number of nitrogens with zero attached hydrogens (tertiary/aromatic N) is 2. The van der Waals surface area contributed by atoms with Crippen LogP contribution in [0.1, 0.15) is 66.2 Å². The average Bonchev–Trinajstić information content (AvgIpc) is 2.75. The maximum absolute atomic E-state index is 2.55. The van der Waals surface area contributed by atoms with Gasteiger partial charge in [-0.15, -0.1) is 0 Å². The van der Waals surface area contributed by atoms with Gasteiger partial charge in [-0.3, -0.25) is 0 Å². The maximum atomic E-state index is 2.55. The molecule has 0 aromatic heterocycles. The molecule has 0 saturated heterocycles. The van der Waals surface area contributed by atoms with E-state index in [1.54, 1.807) is 0 Å². The van der Waals surface area contributed by atoms with Crippen molar-refractivity contribution in [3.8, 4) is 0 Å². The monoisotopic (exact) mass is 252 g/mol. The Morgan fingerprint density at radius 3 is 1.89 bits per heavy atom. The Morgan fingerprint density at radius 1 is 0.833 bits per heavy atom. The summed E-state index contributed by atoms with van der Waals surface area (Å²) in [5.41, 5.74) is 0.